The van der Waals surface area contributed by atoms with Crippen molar-refractivity contribution >= 4 is 17.4 Å². The summed E-state index contributed by atoms with van der Waals surface area (Å²) in [5.74, 6) is -0.626. The van der Waals surface area contributed by atoms with Crippen LogP contribution in [0.1, 0.15) is 71.8 Å². The summed E-state index contributed by atoms with van der Waals surface area (Å²) in [5, 5.41) is 11.7. The van der Waals surface area contributed by atoms with E-state index in [9.17, 15) is 14.7 Å². The zero-order valence-electron chi connectivity index (χ0n) is 21.4. The second kappa shape index (κ2) is 9.43. The Balaban J connectivity index is 1.59. The molecular weight excluding hydrogens is 434 g/mol. The topological polar surface area (TPSA) is 57.6 Å². The number of nitrogens with zero attached hydrogens (tertiary/aromatic N) is 1. The maximum atomic E-state index is 13.6. The molecule has 0 spiro atoms. The van der Waals surface area contributed by atoms with E-state index in [0.29, 0.717) is 23.4 Å². The van der Waals surface area contributed by atoms with E-state index >= 15 is 0 Å². The van der Waals surface area contributed by atoms with Gasteiger partial charge in [0.25, 0.3) is 5.91 Å². The van der Waals surface area contributed by atoms with Crippen molar-refractivity contribution in [2.24, 2.45) is 0 Å². The van der Waals surface area contributed by atoms with Crippen LogP contribution in [-0.4, -0.2) is 23.3 Å². The molecule has 1 aliphatic heterocycles. The highest BCUT2D eigenvalue weighted by Crippen LogP contribution is 2.43. The van der Waals surface area contributed by atoms with Crippen LogP contribution in [0.2, 0.25) is 0 Å². The van der Waals surface area contributed by atoms with Crippen LogP contribution in [-0.2, 0) is 22.2 Å². The Morgan fingerprint density at radius 2 is 1.54 bits per heavy atom. The largest absolute Gasteiger partial charge is 0.375 e. The first-order valence-corrected chi connectivity index (χ1v) is 12.3. The number of rotatable bonds is 7. The van der Waals surface area contributed by atoms with Crippen molar-refractivity contribution in [3.05, 3.63) is 100 Å². The smallest absolute Gasteiger partial charge is 0.264 e. The summed E-state index contributed by atoms with van der Waals surface area (Å²) < 4.78 is 0. The lowest BCUT2D eigenvalue weighted by atomic mass is 9.81. The Bertz CT molecular complexity index is 1230. The number of hydrogen-bond donors (Lipinski definition) is 1. The van der Waals surface area contributed by atoms with Crippen molar-refractivity contribution < 1.29 is 14.7 Å². The van der Waals surface area contributed by atoms with E-state index in [1.54, 1.807) is 11.0 Å². The van der Waals surface area contributed by atoms with E-state index < -0.39 is 11.5 Å². The van der Waals surface area contributed by atoms with Gasteiger partial charge in [0.2, 0.25) is 0 Å². The van der Waals surface area contributed by atoms with Gasteiger partial charge in [0.1, 0.15) is 0 Å². The fourth-order valence-electron chi connectivity index (χ4n) is 5.14. The number of ketones is 1. The molecule has 0 radical (unpaired) electrons. The lowest BCUT2D eigenvalue weighted by Crippen LogP contribution is -2.42. The third-order valence-electron chi connectivity index (χ3n) is 7.02. The Kier molecular flexibility index (Phi) is 6.70. The van der Waals surface area contributed by atoms with E-state index in [1.807, 2.05) is 62.4 Å². The standard InChI is InChI=1S/C31H35NO3/c1-21-18-24(30(3,4)5)19-22(2)28(21)27(33)20-31(35)25-15-9-10-16-26(25)32(29(31)34)17-11-14-23-12-7-6-8-13-23/h6-10,12-13,15-16,18-19,35H,11,14,17,20H2,1-5H3. The number of carbonyl (C=O) groups is 2. The number of para-hydroxylation sites is 1. The van der Waals surface area contributed by atoms with Crippen LogP contribution in [0.15, 0.2) is 66.7 Å². The maximum Gasteiger partial charge on any atom is 0.264 e. The van der Waals surface area contributed by atoms with Crippen LogP contribution >= 0.6 is 0 Å². The molecule has 4 heteroatoms. The summed E-state index contributed by atoms with van der Waals surface area (Å²) in [4.78, 5) is 28.8. The average Bonchev–Trinajstić information content (AvgIpc) is 3.00. The molecule has 0 saturated carbocycles. The fraction of sp³-hybridized carbons (Fsp3) is 0.355. The summed E-state index contributed by atoms with van der Waals surface area (Å²) >= 11 is 0. The number of Topliss-reactive ketones (excluding diaryl/α,β-unsaturated/α-hetero) is 1. The minimum Gasteiger partial charge on any atom is -0.375 e. The number of carbonyl (C=O) groups excluding carboxylic acids is 2. The monoisotopic (exact) mass is 469 g/mol. The lowest BCUT2D eigenvalue weighted by Gasteiger charge is -2.25. The summed E-state index contributed by atoms with van der Waals surface area (Å²) in [6.45, 7) is 10.8. The average molecular weight is 470 g/mol. The van der Waals surface area contributed by atoms with Crippen molar-refractivity contribution in [3.63, 3.8) is 0 Å². The third kappa shape index (κ3) is 4.81. The number of benzene rings is 3. The number of hydrogen-bond acceptors (Lipinski definition) is 3. The number of aliphatic hydroxyl groups is 1. The zero-order valence-corrected chi connectivity index (χ0v) is 21.4. The lowest BCUT2D eigenvalue weighted by molar-refractivity contribution is -0.135. The van der Waals surface area contributed by atoms with Gasteiger partial charge < -0.3 is 10.0 Å². The number of fused-ring (bicyclic) bond motifs is 1. The van der Waals surface area contributed by atoms with E-state index in [1.165, 1.54) is 5.56 Å². The van der Waals surface area contributed by atoms with Crippen LogP contribution in [0.25, 0.3) is 0 Å². The SMILES string of the molecule is Cc1cc(C(C)(C)C)cc(C)c1C(=O)CC1(O)C(=O)N(CCCc2ccccc2)c2ccccc21. The molecule has 0 bridgehead atoms. The van der Waals surface area contributed by atoms with Gasteiger partial charge in [-0.1, -0.05) is 81.4 Å². The Morgan fingerprint density at radius 3 is 2.17 bits per heavy atom. The molecule has 1 unspecified atom stereocenters. The predicted molar refractivity (Wildman–Crippen MR) is 141 cm³/mol. The summed E-state index contributed by atoms with van der Waals surface area (Å²) in [6, 6.07) is 21.5. The molecular formula is C31H35NO3. The Hall–Kier alpha value is -3.24. The van der Waals surface area contributed by atoms with Gasteiger partial charge in [-0.05, 0) is 60.4 Å². The molecule has 1 atom stereocenters. The van der Waals surface area contributed by atoms with Gasteiger partial charge in [-0.25, -0.2) is 0 Å². The Labute approximate surface area is 208 Å². The van der Waals surface area contributed by atoms with Gasteiger partial charge in [0.05, 0.1) is 12.1 Å². The Morgan fingerprint density at radius 1 is 0.943 bits per heavy atom. The van der Waals surface area contributed by atoms with Gasteiger partial charge in [0, 0.05) is 17.7 Å². The number of amides is 1. The van der Waals surface area contributed by atoms with Crippen LogP contribution in [0.3, 0.4) is 0 Å². The molecule has 3 aromatic carbocycles. The second-order valence-electron chi connectivity index (χ2n) is 10.8. The van der Waals surface area contributed by atoms with E-state index in [2.05, 4.69) is 32.9 Å². The molecule has 0 fully saturated rings. The van der Waals surface area contributed by atoms with Gasteiger partial charge in [-0.3, -0.25) is 9.59 Å². The molecule has 4 rings (SSSR count). The first-order valence-electron chi connectivity index (χ1n) is 12.3. The van der Waals surface area contributed by atoms with Crippen LogP contribution in [0.5, 0.6) is 0 Å². The molecule has 0 saturated heterocycles. The summed E-state index contributed by atoms with van der Waals surface area (Å²) in [7, 11) is 0. The van der Waals surface area contributed by atoms with Crippen molar-refractivity contribution in [2.75, 3.05) is 11.4 Å². The van der Waals surface area contributed by atoms with Gasteiger partial charge in [-0.15, -0.1) is 0 Å². The van der Waals surface area contributed by atoms with Crippen molar-refractivity contribution in [3.8, 4) is 0 Å². The van der Waals surface area contributed by atoms with Gasteiger partial charge >= 0.3 is 0 Å². The highest BCUT2D eigenvalue weighted by atomic mass is 16.3. The highest BCUT2D eigenvalue weighted by Gasteiger charge is 2.50. The third-order valence-corrected chi connectivity index (χ3v) is 7.02. The van der Waals surface area contributed by atoms with Crippen molar-refractivity contribution in [1.29, 1.82) is 0 Å². The summed E-state index contributed by atoms with van der Waals surface area (Å²) in [5.41, 5.74) is 4.04. The minimum absolute atomic E-state index is 0.0318. The number of aryl methyl sites for hydroxylation is 3. The van der Waals surface area contributed by atoms with Crippen LogP contribution in [0.4, 0.5) is 5.69 Å². The van der Waals surface area contributed by atoms with Crippen molar-refractivity contribution in [2.45, 2.75) is 64.9 Å². The molecule has 182 valence electrons. The maximum absolute atomic E-state index is 13.6. The van der Waals surface area contributed by atoms with Crippen molar-refractivity contribution in [1.82, 2.24) is 0 Å². The van der Waals surface area contributed by atoms with Crippen LogP contribution < -0.4 is 4.90 Å². The molecule has 4 nitrogen and oxygen atoms in total. The first-order chi connectivity index (χ1) is 16.5. The molecule has 1 heterocycles. The van der Waals surface area contributed by atoms with Gasteiger partial charge in [-0.2, -0.15) is 0 Å². The molecule has 0 aliphatic carbocycles. The van der Waals surface area contributed by atoms with E-state index in [-0.39, 0.29) is 17.6 Å². The molecule has 1 N–H and O–H groups in total. The fourth-order valence-corrected chi connectivity index (χ4v) is 5.14. The van der Waals surface area contributed by atoms with E-state index in [0.717, 1.165) is 29.5 Å². The normalized spacial score (nSPS) is 17.5. The molecule has 1 aliphatic rings. The van der Waals surface area contributed by atoms with Gasteiger partial charge in [0.15, 0.2) is 11.4 Å². The highest BCUT2D eigenvalue weighted by molar-refractivity contribution is 6.11. The first kappa shape index (κ1) is 24.9. The minimum atomic E-state index is -1.86. The quantitative estimate of drug-likeness (QED) is 0.429. The molecule has 3 aromatic rings. The second-order valence-corrected chi connectivity index (χ2v) is 10.8. The molecule has 35 heavy (non-hydrogen) atoms. The van der Waals surface area contributed by atoms with E-state index in [4.69, 9.17) is 0 Å². The summed E-state index contributed by atoms with van der Waals surface area (Å²) in [6.07, 6.45) is 1.33. The molecule has 0 aromatic heterocycles. The molecule has 1 amide bonds. The number of anilines is 1. The van der Waals surface area contributed by atoms with Crippen LogP contribution in [0, 0.1) is 13.8 Å². The zero-order chi connectivity index (χ0) is 25.4. The predicted octanol–water partition coefficient (Wildman–Crippen LogP) is 6.04.